The third-order valence-corrected chi connectivity index (χ3v) is 4.99. The van der Waals surface area contributed by atoms with E-state index >= 15 is 0 Å². The highest BCUT2D eigenvalue weighted by Gasteiger charge is 2.25. The number of nitrogens with two attached hydrogens (primary N) is 1. The molecule has 2 aromatic heterocycles. The van der Waals surface area contributed by atoms with E-state index in [4.69, 9.17) is 10.3 Å². The number of benzene rings is 1. The number of hydrogen-bond donors (Lipinski definition) is 1. The quantitative estimate of drug-likeness (QED) is 0.780. The number of hydrogen-bond acceptors (Lipinski definition) is 5. The Morgan fingerprint density at radius 1 is 1.29 bits per heavy atom. The maximum absolute atomic E-state index is 6.15. The molecule has 0 aliphatic heterocycles. The molecule has 106 valence electrons. The number of nitrogen functional groups attached to an aromatic ring is 1. The number of fused-ring (bicyclic) bond motifs is 1. The lowest BCUT2D eigenvalue weighted by molar-refractivity contribution is 0.432. The number of thiophene rings is 1. The van der Waals surface area contributed by atoms with E-state index in [2.05, 4.69) is 16.2 Å². The summed E-state index contributed by atoms with van der Waals surface area (Å²) in [6, 6.07) is 8.09. The summed E-state index contributed by atoms with van der Waals surface area (Å²) in [6.07, 6.45) is 3.36. The molecule has 0 unspecified atom stereocenters. The van der Waals surface area contributed by atoms with E-state index in [9.17, 15) is 0 Å². The lowest BCUT2D eigenvalue weighted by Crippen LogP contribution is -1.88. The second kappa shape index (κ2) is 4.70. The third-order valence-electron chi connectivity index (χ3n) is 3.86. The van der Waals surface area contributed by atoms with E-state index in [-0.39, 0.29) is 0 Å². The van der Waals surface area contributed by atoms with Gasteiger partial charge in [-0.05, 0) is 37.8 Å². The minimum atomic E-state index is 0.545. The molecular weight excluding hydrogens is 282 g/mol. The first kappa shape index (κ1) is 12.6. The monoisotopic (exact) mass is 297 g/mol. The van der Waals surface area contributed by atoms with Crippen molar-refractivity contribution >= 4 is 16.3 Å². The van der Waals surface area contributed by atoms with E-state index in [1.807, 2.05) is 25.1 Å². The zero-order chi connectivity index (χ0) is 14.4. The fourth-order valence-electron chi connectivity index (χ4n) is 2.89. The van der Waals surface area contributed by atoms with E-state index in [0.29, 0.717) is 11.7 Å². The summed E-state index contributed by atoms with van der Waals surface area (Å²) in [5.74, 6) is 1.16. The Balaban J connectivity index is 1.79. The van der Waals surface area contributed by atoms with Crippen molar-refractivity contribution in [3.63, 3.8) is 0 Å². The Hall–Kier alpha value is -2.14. The molecule has 4 nitrogen and oxygen atoms in total. The molecule has 2 heterocycles. The molecule has 21 heavy (non-hydrogen) atoms. The van der Waals surface area contributed by atoms with E-state index in [0.717, 1.165) is 29.0 Å². The van der Waals surface area contributed by atoms with Gasteiger partial charge in [0.1, 0.15) is 0 Å². The van der Waals surface area contributed by atoms with Crippen molar-refractivity contribution in [2.45, 2.75) is 26.2 Å². The Kier molecular flexibility index (Phi) is 2.82. The molecule has 1 aromatic carbocycles. The van der Waals surface area contributed by atoms with Crippen molar-refractivity contribution in [3.05, 3.63) is 40.3 Å². The third kappa shape index (κ3) is 2.05. The van der Waals surface area contributed by atoms with Gasteiger partial charge in [0, 0.05) is 10.4 Å². The maximum atomic E-state index is 6.15. The average Bonchev–Trinajstić information content (AvgIpc) is 3.14. The summed E-state index contributed by atoms with van der Waals surface area (Å²) in [4.78, 5) is 5.92. The molecule has 3 aromatic rings. The average molecular weight is 297 g/mol. The van der Waals surface area contributed by atoms with Gasteiger partial charge in [0.2, 0.25) is 5.82 Å². The van der Waals surface area contributed by atoms with Gasteiger partial charge in [-0.25, -0.2) is 0 Å². The van der Waals surface area contributed by atoms with Crippen LogP contribution in [0.4, 0.5) is 5.00 Å². The molecule has 2 N–H and O–H groups in total. The van der Waals surface area contributed by atoms with Crippen molar-refractivity contribution in [1.29, 1.82) is 0 Å². The van der Waals surface area contributed by atoms with Gasteiger partial charge in [-0.2, -0.15) is 4.98 Å². The SMILES string of the molecule is Cc1cccc(-c2noc(-c3c(N)sc4c3CCC4)n2)c1. The van der Waals surface area contributed by atoms with Gasteiger partial charge in [0.15, 0.2) is 0 Å². The normalized spacial score (nSPS) is 13.6. The summed E-state index contributed by atoms with van der Waals surface area (Å²) in [7, 11) is 0. The van der Waals surface area contributed by atoms with Crippen LogP contribution in [0, 0.1) is 6.92 Å². The van der Waals surface area contributed by atoms with Gasteiger partial charge < -0.3 is 10.3 Å². The highest BCUT2D eigenvalue weighted by Crippen LogP contribution is 2.43. The summed E-state index contributed by atoms with van der Waals surface area (Å²) >= 11 is 1.66. The number of aryl methyl sites for hydroxylation is 2. The van der Waals surface area contributed by atoms with Crippen LogP contribution >= 0.6 is 11.3 Å². The van der Waals surface area contributed by atoms with Crippen LogP contribution in [-0.4, -0.2) is 10.1 Å². The Bertz CT molecular complexity index is 819. The van der Waals surface area contributed by atoms with E-state index in [1.165, 1.54) is 22.4 Å². The molecule has 0 saturated heterocycles. The lowest BCUT2D eigenvalue weighted by atomic mass is 10.1. The van der Waals surface area contributed by atoms with Crippen LogP contribution in [0.15, 0.2) is 28.8 Å². The van der Waals surface area contributed by atoms with Crippen LogP contribution < -0.4 is 5.73 Å². The number of rotatable bonds is 2. The van der Waals surface area contributed by atoms with Crippen molar-refractivity contribution in [2.75, 3.05) is 5.73 Å². The van der Waals surface area contributed by atoms with Gasteiger partial charge in [-0.1, -0.05) is 28.9 Å². The molecule has 4 rings (SSSR count). The van der Waals surface area contributed by atoms with Crippen molar-refractivity contribution in [2.24, 2.45) is 0 Å². The number of anilines is 1. The molecule has 0 spiro atoms. The highest BCUT2D eigenvalue weighted by molar-refractivity contribution is 7.16. The predicted octanol–water partition coefficient (Wildman–Crippen LogP) is 3.84. The van der Waals surface area contributed by atoms with Crippen LogP contribution in [0.1, 0.15) is 22.4 Å². The second-order valence-electron chi connectivity index (χ2n) is 5.39. The second-order valence-corrected chi connectivity index (χ2v) is 6.53. The van der Waals surface area contributed by atoms with E-state index < -0.39 is 0 Å². The molecule has 0 saturated carbocycles. The molecule has 1 aliphatic carbocycles. The smallest absolute Gasteiger partial charge is 0.261 e. The summed E-state index contributed by atoms with van der Waals surface area (Å²) in [6.45, 7) is 2.05. The summed E-state index contributed by atoms with van der Waals surface area (Å²) < 4.78 is 5.47. The Morgan fingerprint density at radius 3 is 3.05 bits per heavy atom. The fraction of sp³-hybridized carbons (Fsp3) is 0.250. The van der Waals surface area contributed by atoms with Crippen molar-refractivity contribution < 1.29 is 4.52 Å². The van der Waals surface area contributed by atoms with Crippen molar-refractivity contribution in [3.8, 4) is 22.8 Å². The van der Waals surface area contributed by atoms with Crippen LogP contribution in [0.5, 0.6) is 0 Å². The Labute approximate surface area is 126 Å². The van der Waals surface area contributed by atoms with Gasteiger partial charge in [-0.3, -0.25) is 0 Å². The van der Waals surface area contributed by atoms with Crippen LogP contribution in [0.25, 0.3) is 22.8 Å². The zero-order valence-corrected chi connectivity index (χ0v) is 12.5. The molecule has 0 atom stereocenters. The summed E-state index contributed by atoms with van der Waals surface area (Å²) in [5.41, 5.74) is 10.6. The lowest BCUT2D eigenvalue weighted by Gasteiger charge is -1.97. The van der Waals surface area contributed by atoms with Gasteiger partial charge >= 0.3 is 0 Å². The molecule has 0 radical (unpaired) electrons. The van der Waals surface area contributed by atoms with Crippen molar-refractivity contribution in [1.82, 2.24) is 10.1 Å². The zero-order valence-electron chi connectivity index (χ0n) is 11.7. The molecule has 5 heteroatoms. The molecule has 0 bridgehead atoms. The van der Waals surface area contributed by atoms with Crippen LogP contribution in [-0.2, 0) is 12.8 Å². The first-order valence-corrected chi connectivity index (χ1v) is 7.85. The highest BCUT2D eigenvalue weighted by atomic mass is 32.1. The van der Waals surface area contributed by atoms with Crippen LogP contribution in [0.2, 0.25) is 0 Å². The molecular formula is C16H15N3OS. The minimum absolute atomic E-state index is 0.545. The first-order valence-electron chi connectivity index (χ1n) is 7.03. The maximum Gasteiger partial charge on any atom is 0.261 e. The standard InChI is InChI=1S/C16H15N3OS/c1-9-4-2-5-10(8-9)15-18-16(20-19-15)13-11-6-3-7-12(11)21-14(13)17/h2,4-5,8H,3,6-7,17H2,1H3. The van der Waals surface area contributed by atoms with E-state index in [1.54, 1.807) is 11.3 Å². The fourth-order valence-corrected chi connectivity index (χ4v) is 4.04. The van der Waals surface area contributed by atoms with Crippen LogP contribution in [0.3, 0.4) is 0 Å². The van der Waals surface area contributed by atoms with Gasteiger partial charge in [0.25, 0.3) is 5.89 Å². The summed E-state index contributed by atoms with van der Waals surface area (Å²) in [5, 5.41) is 4.90. The predicted molar refractivity (Wildman–Crippen MR) is 84.2 cm³/mol. The molecule has 0 amide bonds. The Morgan fingerprint density at radius 2 is 2.19 bits per heavy atom. The number of aromatic nitrogens is 2. The molecule has 1 aliphatic rings. The number of nitrogens with zero attached hydrogens (tertiary/aromatic N) is 2. The van der Waals surface area contributed by atoms with Gasteiger partial charge in [0.05, 0.1) is 10.6 Å². The molecule has 0 fully saturated rings. The largest absolute Gasteiger partial charge is 0.390 e. The first-order chi connectivity index (χ1) is 10.2. The minimum Gasteiger partial charge on any atom is -0.390 e. The topological polar surface area (TPSA) is 64.9 Å². The van der Waals surface area contributed by atoms with Gasteiger partial charge in [-0.15, -0.1) is 11.3 Å².